The summed E-state index contributed by atoms with van der Waals surface area (Å²) in [6.07, 6.45) is 4.92. The van der Waals surface area contributed by atoms with Crippen LogP contribution in [0.2, 0.25) is 0 Å². The number of hydrogen-bond donors (Lipinski definition) is 2. The smallest absolute Gasteiger partial charge is 0.310 e. The summed E-state index contributed by atoms with van der Waals surface area (Å²) >= 11 is 0. The Morgan fingerprint density at radius 3 is 2.44 bits per heavy atom. The summed E-state index contributed by atoms with van der Waals surface area (Å²) in [5.41, 5.74) is 1.57. The van der Waals surface area contributed by atoms with E-state index in [1.807, 2.05) is 6.92 Å². The van der Waals surface area contributed by atoms with Gasteiger partial charge in [0.05, 0.1) is 13.0 Å². The fourth-order valence-electron chi connectivity index (χ4n) is 3.42. The monoisotopic (exact) mass is 459 g/mol. The van der Waals surface area contributed by atoms with E-state index < -0.39 is 0 Å². The molecule has 1 atom stereocenters. The molecule has 0 heterocycles. The summed E-state index contributed by atoms with van der Waals surface area (Å²) in [7, 11) is 3.16. The van der Waals surface area contributed by atoms with Gasteiger partial charge in [-0.1, -0.05) is 50.1 Å². The molecule has 6 heteroatoms. The van der Waals surface area contributed by atoms with Crippen LogP contribution in [0.4, 0.5) is 0 Å². The highest BCUT2D eigenvalue weighted by atomic mass is 127. The lowest BCUT2D eigenvalue weighted by Gasteiger charge is -2.31. The fraction of sp³-hybridized carbons (Fsp3) is 0.579. The number of esters is 1. The number of halogens is 1. The Morgan fingerprint density at radius 2 is 1.88 bits per heavy atom. The maximum absolute atomic E-state index is 11.5. The van der Waals surface area contributed by atoms with E-state index >= 15 is 0 Å². The van der Waals surface area contributed by atoms with E-state index in [9.17, 15) is 4.79 Å². The minimum atomic E-state index is -0.213. The molecule has 0 bridgehead atoms. The van der Waals surface area contributed by atoms with Crippen LogP contribution < -0.4 is 10.6 Å². The minimum Gasteiger partial charge on any atom is -0.469 e. The molecule has 1 fully saturated rings. The van der Waals surface area contributed by atoms with Crippen LogP contribution in [0.3, 0.4) is 0 Å². The number of nitrogens with zero attached hydrogens (tertiary/aromatic N) is 1. The van der Waals surface area contributed by atoms with Gasteiger partial charge in [0.2, 0.25) is 0 Å². The molecular formula is C19H30IN3O2. The average Bonchev–Trinajstić information content (AvgIpc) is 3.11. The molecule has 1 aromatic carbocycles. The first-order valence-corrected chi connectivity index (χ1v) is 8.69. The highest BCUT2D eigenvalue weighted by Crippen LogP contribution is 2.40. The van der Waals surface area contributed by atoms with Crippen molar-refractivity contribution in [1.82, 2.24) is 10.6 Å². The lowest BCUT2D eigenvalue weighted by molar-refractivity contribution is -0.144. The topological polar surface area (TPSA) is 62.7 Å². The van der Waals surface area contributed by atoms with Crippen LogP contribution in [0.1, 0.15) is 38.2 Å². The van der Waals surface area contributed by atoms with E-state index in [0.29, 0.717) is 6.54 Å². The number of hydrogen-bond acceptors (Lipinski definition) is 3. The van der Waals surface area contributed by atoms with E-state index in [-0.39, 0.29) is 41.3 Å². The van der Waals surface area contributed by atoms with E-state index in [1.54, 1.807) is 7.05 Å². The van der Waals surface area contributed by atoms with Gasteiger partial charge >= 0.3 is 5.97 Å². The van der Waals surface area contributed by atoms with Gasteiger partial charge < -0.3 is 15.4 Å². The SMILES string of the molecule is CN=C(NCC(C)C(=O)OC)NCC1(c2ccccc2)CCCC1.I. The summed E-state index contributed by atoms with van der Waals surface area (Å²) in [5, 5.41) is 6.66. The lowest BCUT2D eigenvalue weighted by atomic mass is 9.79. The quantitative estimate of drug-likeness (QED) is 0.297. The number of carbonyl (C=O) groups excluding carboxylic acids is 1. The molecule has 25 heavy (non-hydrogen) atoms. The number of rotatable bonds is 6. The second-order valence-corrected chi connectivity index (χ2v) is 6.58. The highest BCUT2D eigenvalue weighted by Gasteiger charge is 2.35. The van der Waals surface area contributed by atoms with Crippen LogP contribution in [-0.2, 0) is 14.9 Å². The number of carbonyl (C=O) groups is 1. The van der Waals surface area contributed by atoms with Crippen molar-refractivity contribution >= 4 is 35.9 Å². The molecule has 5 nitrogen and oxygen atoms in total. The van der Waals surface area contributed by atoms with E-state index in [2.05, 4.69) is 46.0 Å². The Bertz CT molecular complexity index is 557. The van der Waals surface area contributed by atoms with Crippen LogP contribution in [0, 0.1) is 5.92 Å². The largest absolute Gasteiger partial charge is 0.469 e. The lowest BCUT2D eigenvalue weighted by Crippen LogP contribution is -2.46. The molecule has 1 aromatic rings. The summed E-state index contributed by atoms with van der Waals surface area (Å²) in [4.78, 5) is 15.8. The van der Waals surface area contributed by atoms with Gasteiger partial charge in [-0.2, -0.15) is 0 Å². The molecule has 2 rings (SSSR count). The van der Waals surface area contributed by atoms with Crippen molar-refractivity contribution in [3.05, 3.63) is 35.9 Å². The Kier molecular flexibility index (Phi) is 9.24. The third-order valence-corrected chi connectivity index (χ3v) is 4.94. The second kappa shape index (κ2) is 10.6. The van der Waals surface area contributed by atoms with Crippen LogP contribution in [0.5, 0.6) is 0 Å². The van der Waals surface area contributed by atoms with E-state index in [1.165, 1.54) is 38.4 Å². The molecule has 1 unspecified atom stereocenters. The Hall–Kier alpha value is -1.31. The van der Waals surface area contributed by atoms with Gasteiger partial charge in [0.25, 0.3) is 0 Å². The van der Waals surface area contributed by atoms with Crippen molar-refractivity contribution in [2.75, 3.05) is 27.2 Å². The number of aliphatic imine (C=N–C) groups is 1. The molecule has 2 N–H and O–H groups in total. The van der Waals surface area contributed by atoms with Crippen molar-refractivity contribution in [1.29, 1.82) is 0 Å². The molecule has 0 radical (unpaired) electrons. The molecule has 0 amide bonds. The summed E-state index contributed by atoms with van der Waals surface area (Å²) in [6, 6.07) is 10.7. The number of ether oxygens (including phenoxy) is 1. The third kappa shape index (κ3) is 5.87. The van der Waals surface area contributed by atoms with E-state index in [0.717, 1.165) is 12.5 Å². The Labute approximate surface area is 168 Å². The van der Waals surface area contributed by atoms with E-state index in [4.69, 9.17) is 4.74 Å². The summed E-state index contributed by atoms with van der Waals surface area (Å²) < 4.78 is 4.75. The molecule has 1 saturated carbocycles. The second-order valence-electron chi connectivity index (χ2n) is 6.58. The van der Waals surface area contributed by atoms with Gasteiger partial charge in [-0.3, -0.25) is 9.79 Å². The zero-order chi connectivity index (χ0) is 17.4. The van der Waals surface area contributed by atoms with Gasteiger partial charge in [0.15, 0.2) is 5.96 Å². The molecule has 0 aliphatic heterocycles. The van der Waals surface area contributed by atoms with Crippen molar-refractivity contribution in [2.45, 2.75) is 38.0 Å². The summed E-state index contributed by atoms with van der Waals surface area (Å²) in [6.45, 7) is 3.20. The van der Waals surface area contributed by atoms with Crippen molar-refractivity contribution < 1.29 is 9.53 Å². The number of nitrogens with one attached hydrogen (secondary N) is 2. The van der Waals surface area contributed by atoms with Gasteiger partial charge in [0, 0.05) is 25.6 Å². The molecule has 1 aliphatic rings. The molecule has 0 spiro atoms. The highest BCUT2D eigenvalue weighted by molar-refractivity contribution is 14.0. The van der Waals surface area contributed by atoms with Gasteiger partial charge in [-0.05, 0) is 18.4 Å². The molecule has 1 aliphatic carbocycles. The Balaban J connectivity index is 0.00000312. The predicted molar refractivity (Wildman–Crippen MR) is 113 cm³/mol. The molecular weight excluding hydrogens is 429 g/mol. The normalized spacial score (nSPS) is 17.3. The van der Waals surface area contributed by atoms with Crippen LogP contribution in [-0.4, -0.2) is 39.2 Å². The standard InChI is InChI=1S/C19H29N3O2.HI/c1-15(17(23)24-3)13-21-18(20-2)22-14-19(11-7-8-12-19)16-9-5-4-6-10-16;/h4-6,9-10,15H,7-8,11-14H2,1-3H3,(H2,20,21,22);1H. The predicted octanol–water partition coefficient (Wildman–Crippen LogP) is 3.09. The zero-order valence-electron chi connectivity index (χ0n) is 15.4. The summed E-state index contributed by atoms with van der Waals surface area (Å²) in [5.74, 6) is 0.311. The van der Waals surface area contributed by atoms with Crippen LogP contribution >= 0.6 is 24.0 Å². The first-order chi connectivity index (χ1) is 11.6. The maximum atomic E-state index is 11.5. The van der Waals surface area contributed by atoms with Gasteiger partial charge in [-0.15, -0.1) is 24.0 Å². The maximum Gasteiger partial charge on any atom is 0.310 e. The number of methoxy groups -OCH3 is 1. The van der Waals surface area contributed by atoms with Crippen LogP contribution in [0.25, 0.3) is 0 Å². The van der Waals surface area contributed by atoms with Crippen LogP contribution in [0.15, 0.2) is 35.3 Å². The van der Waals surface area contributed by atoms with Gasteiger partial charge in [0.1, 0.15) is 0 Å². The molecule has 0 saturated heterocycles. The molecule has 0 aromatic heterocycles. The fourth-order valence-corrected chi connectivity index (χ4v) is 3.42. The van der Waals surface area contributed by atoms with Crippen molar-refractivity contribution in [3.63, 3.8) is 0 Å². The van der Waals surface area contributed by atoms with Gasteiger partial charge in [-0.25, -0.2) is 0 Å². The van der Waals surface area contributed by atoms with Crippen molar-refractivity contribution in [3.8, 4) is 0 Å². The first-order valence-electron chi connectivity index (χ1n) is 8.69. The zero-order valence-corrected chi connectivity index (χ0v) is 17.7. The molecule has 140 valence electrons. The Morgan fingerprint density at radius 1 is 1.24 bits per heavy atom. The first kappa shape index (κ1) is 21.7. The minimum absolute atomic E-state index is 0. The van der Waals surface area contributed by atoms with Crippen molar-refractivity contribution in [2.24, 2.45) is 10.9 Å². The third-order valence-electron chi connectivity index (χ3n) is 4.94. The number of guanidine groups is 1. The average molecular weight is 459 g/mol. The number of benzene rings is 1.